The average Bonchev–Trinajstić information content (AvgIpc) is 3.77. The van der Waals surface area contributed by atoms with E-state index in [1.807, 2.05) is 38.2 Å². The lowest BCUT2D eigenvalue weighted by Gasteiger charge is -2.35. The van der Waals surface area contributed by atoms with Crippen LogP contribution in [0.2, 0.25) is 0 Å². The van der Waals surface area contributed by atoms with Crippen LogP contribution in [-0.2, 0) is 9.59 Å². The Morgan fingerprint density at radius 1 is 1.02 bits per heavy atom. The molecule has 0 atom stereocenters. The molecule has 3 aromatic rings. The lowest BCUT2D eigenvalue weighted by atomic mass is 10.2. The van der Waals surface area contributed by atoms with E-state index in [9.17, 15) is 9.59 Å². The van der Waals surface area contributed by atoms with Gasteiger partial charge in [-0.15, -0.1) is 0 Å². The molecule has 2 aromatic heterocycles. The van der Waals surface area contributed by atoms with Crippen molar-refractivity contribution in [2.75, 3.05) is 62.4 Å². The number of piperazine rings is 1. The molecular weight excluding hydrogens is 554 g/mol. The van der Waals surface area contributed by atoms with E-state index in [1.165, 1.54) is 7.05 Å². The maximum Gasteiger partial charge on any atom is 0.196 e. The van der Waals surface area contributed by atoms with Gasteiger partial charge in [0.05, 0.1) is 0 Å². The van der Waals surface area contributed by atoms with E-state index in [-0.39, 0.29) is 0 Å². The highest BCUT2D eigenvalue weighted by atomic mass is 32.2. The van der Waals surface area contributed by atoms with Gasteiger partial charge in [-0.3, -0.25) is 10.00 Å². The molecule has 1 aromatic carbocycles. The lowest BCUT2D eigenvalue weighted by molar-refractivity contribution is -0.109. The molecule has 42 heavy (non-hydrogen) atoms. The van der Waals surface area contributed by atoms with Gasteiger partial charge in [0, 0.05) is 81.0 Å². The number of anilines is 4. The molecule has 228 valence electrons. The number of unbranched alkanes of at least 4 members (excludes halogenated alkanes) is 2. The van der Waals surface area contributed by atoms with Crippen LogP contribution in [0.1, 0.15) is 37.8 Å². The van der Waals surface area contributed by atoms with Crippen molar-refractivity contribution in [1.82, 2.24) is 30.5 Å². The number of nitrogens with one attached hydrogen (secondary N) is 4. The van der Waals surface area contributed by atoms with Gasteiger partial charge in [0.1, 0.15) is 24.2 Å². The van der Waals surface area contributed by atoms with Crippen molar-refractivity contribution < 1.29 is 14.8 Å². The third kappa shape index (κ3) is 11.8. The molecule has 1 aliphatic heterocycles. The molecule has 1 aliphatic carbocycles. The normalized spacial score (nSPS) is 14.6. The van der Waals surface area contributed by atoms with E-state index >= 15 is 0 Å². The summed E-state index contributed by atoms with van der Waals surface area (Å²) in [6.45, 7) is 6.80. The van der Waals surface area contributed by atoms with Crippen molar-refractivity contribution in [3.05, 3.63) is 42.1 Å². The Morgan fingerprint density at radius 2 is 1.74 bits per heavy atom. The summed E-state index contributed by atoms with van der Waals surface area (Å²) < 4.78 is 0. The molecule has 2 fully saturated rings. The molecule has 3 heterocycles. The largest absolute Gasteiger partial charge is 0.388 e. The molecule has 0 spiro atoms. The summed E-state index contributed by atoms with van der Waals surface area (Å²) in [4.78, 5) is 35.6. The number of aromatic amines is 1. The van der Waals surface area contributed by atoms with Crippen molar-refractivity contribution in [1.29, 1.82) is 0 Å². The third-order valence-corrected chi connectivity index (χ3v) is 7.44. The van der Waals surface area contributed by atoms with Crippen molar-refractivity contribution in [3.63, 3.8) is 0 Å². The van der Waals surface area contributed by atoms with Gasteiger partial charge < -0.3 is 30.3 Å². The number of aldehydes is 2. The molecule has 2 aliphatic rings. The van der Waals surface area contributed by atoms with E-state index < -0.39 is 0 Å². The summed E-state index contributed by atoms with van der Waals surface area (Å²) in [6.07, 6.45) is 7.01. The van der Waals surface area contributed by atoms with Gasteiger partial charge in [0.25, 0.3) is 0 Å². The first kappa shape index (κ1) is 33.0. The van der Waals surface area contributed by atoms with E-state index in [4.69, 9.17) is 15.2 Å². The number of carbonyl (C=O) groups is 2. The molecule has 1 saturated carbocycles. The summed E-state index contributed by atoms with van der Waals surface area (Å²) in [5.41, 5.74) is 3.81. The van der Waals surface area contributed by atoms with Crippen molar-refractivity contribution in [2.45, 2.75) is 49.1 Å². The van der Waals surface area contributed by atoms with Crippen LogP contribution in [-0.4, -0.2) is 89.7 Å². The number of nitrogens with zero attached hydrogens (tertiary/aromatic N) is 5. The molecule has 0 amide bonds. The molecule has 0 unspecified atom stereocenters. The fraction of sp³-hybridized carbons (Fsp3) is 0.483. The quantitative estimate of drug-likeness (QED) is 0.0884. The summed E-state index contributed by atoms with van der Waals surface area (Å²) >= 11 is 1.55. The molecule has 5 N–H and O–H groups in total. The van der Waals surface area contributed by atoms with Gasteiger partial charge >= 0.3 is 0 Å². The Labute approximate surface area is 252 Å². The minimum absolute atomic E-state index is 0.454. The van der Waals surface area contributed by atoms with E-state index in [0.717, 1.165) is 105 Å². The molecule has 1 saturated heterocycles. The van der Waals surface area contributed by atoms with Crippen LogP contribution < -0.4 is 21.0 Å². The number of H-pyrrole nitrogens is 1. The second-order valence-corrected chi connectivity index (χ2v) is 11.1. The molecule has 0 bridgehead atoms. The number of aryl methyl sites for hydroxylation is 1. The van der Waals surface area contributed by atoms with Crippen LogP contribution in [0, 0.1) is 12.8 Å². The van der Waals surface area contributed by atoms with Gasteiger partial charge in [-0.1, -0.05) is 0 Å². The minimum Gasteiger partial charge on any atom is -0.388 e. The standard InChI is InChI=1S/C24H32N8OS.C4H6O.CH5NO/c1-18-16-22(30-29-18)26-21-17-23(32-13-11-31(12-14-32)10-4-3-5-15-33)28-24(27-21)34-20-8-6-19(25-2)7-9-20;5-3-4-1-2-4;1-2-3/h6-9,15-17,25H,3-5,10-14H2,1-2H3,(H2,26,27,28,29,30);3-4H,1-2H2;2-3H,1H3. The molecule has 0 radical (unpaired) electrons. The minimum atomic E-state index is 0.454. The van der Waals surface area contributed by atoms with Crippen LogP contribution in [0.3, 0.4) is 0 Å². The fourth-order valence-corrected chi connectivity index (χ4v) is 4.85. The SMILES string of the molecule is CNO.CNc1ccc(Sc2nc(Nc3cc(C)[nH]n3)cc(N3CCN(CCCCC=O)CC3)n2)cc1.O=CC1CC1. The van der Waals surface area contributed by atoms with Crippen LogP contribution in [0.4, 0.5) is 23.1 Å². The first-order chi connectivity index (χ1) is 20.5. The van der Waals surface area contributed by atoms with Crippen LogP contribution >= 0.6 is 11.8 Å². The van der Waals surface area contributed by atoms with Gasteiger partial charge in [-0.25, -0.2) is 15.4 Å². The number of aromatic nitrogens is 4. The summed E-state index contributed by atoms with van der Waals surface area (Å²) in [7, 11) is 3.34. The molecule has 13 heteroatoms. The van der Waals surface area contributed by atoms with Gasteiger partial charge in [-0.2, -0.15) is 5.10 Å². The zero-order chi connectivity index (χ0) is 30.2. The number of hydrogen-bond donors (Lipinski definition) is 5. The predicted molar refractivity (Wildman–Crippen MR) is 167 cm³/mol. The van der Waals surface area contributed by atoms with Crippen molar-refractivity contribution in [2.24, 2.45) is 5.92 Å². The topological polar surface area (TPSA) is 151 Å². The van der Waals surface area contributed by atoms with Crippen molar-refractivity contribution in [3.8, 4) is 0 Å². The number of rotatable bonds is 12. The summed E-state index contributed by atoms with van der Waals surface area (Å²) in [5, 5.41) is 21.7. The Hall–Kier alpha value is -3.52. The third-order valence-electron chi connectivity index (χ3n) is 6.56. The maximum atomic E-state index is 10.5. The first-order valence-corrected chi connectivity index (χ1v) is 15.1. The second-order valence-electron chi connectivity index (χ2n) is 10.0. The Bertz CT molecular complexity index is 1210. The molecule has 5 rings (SSSR count). The van der Waals surface area contributed by atoms with E-state index in [2.05, 4.69) is 42.8 Å². The zero-order valence-corrected chi connectivity index (χ0v) is 25.5. The number of carbonyl (C=O) groups excluding carboxylic acids is 2. The van der Waals surface area contributed by atoms with E-state index in [1.54, 1.807) is 17.2 Å². The van der Waals surface area contributed by atoms with Gasteiger partial charge in [-0.05, 0) is 75.2 Å². The van der Waals surface area contributed by atoms with Gasteiger partial charge in [0.2, 0.25) is 0 Å². The summed E-state index contributed by atoms with van der Waals surface area (Å²) in [5.74, 6) is 2.83. The Morgan fingerprint density at radius 3 is 2.29 bits per heavy atom. The number of hydrogen-bond acceptors (Lipinski definition) is 12. The zero-order valence-electron chi connectivity index (χ0n) is 24.7. The smallest absolute Gasteiger partial charge is 0.196 e. The molecular formula is C29H43N9O3S. The highest BCUT2D eigenvalue weighted by Crippen LogP contribution is 2.30. The maximum absolute atomic E-state index is 10.5. The Kier molecular flexibility index (Phi) is 14.2. The van der Waals surface area contributed by atoms with Crippen molar-refractivity contribution >= 4 is 47.5 Å². The fourth-order valence-electron chi connectivity index (χ4n) is 4.09. The Balaban J connectivity index is 0.000000529. The number of hydroxylamine groups is 1. The molecule has 12 nitrogen and oxygen atoms in total. The summed E-state index contributed by atoms with van der Waals surface area (Å²) in [6, 6.07) is 12.2. The monoisotopic (exact) mass is 597 g/mol. The second kappa shape index (κ2) is 18.1. The van der Waals surface area contributed by atoms with Crippen LogP contribution in [0.25, 0.3) is 0 Å². The van der Waals surface area contributed by atoms with Crippen LogP contribution in [0.5, 0.6) is 0 Å². The average molecular weight is 598 g/mol. The highest BCUT2D eigenvalue weighted by molar-refractivity contribution is 7.99. The van der Waals surface area contributed by atoms with Gasteiger partial charge in [0.15, 0.2) is 11.0 Å². The van der Waals surface area contributed by atoms with E-state index in [0.29, 0.717) is 17.5 Å². The number of benzene rings is 1. The predicted octanol–water partition coefficient (Wildman–Crippen LogP) is 4.13. The lowest BCUT2D eigenvalue weighted by Crippen LogP contribution is -2.47. The van der Waals surface area contributed by atoms with Crippen LogP contribution in [0.15, 0.2) is 46.5 Å². The highest BCUT2D eigenvalue weighted by Gasteiger charge is 2.20. The first-order valence-electron chi connectivity index (χ1n) is 14.3.